The Bertz CT molecular complexity index is 2900. The summed E-state index contributed by atoms with van der Waals surface area (Å²) in [6, 6.07) is 66.0. The highest BCUT2D eigenvalue weighted by atomic mass is 28.3. The van der Waals surface area contributed by atoms with Crippen molar-refractivity contribution in [2.24, 2.45) is 0 Å². The summed E-state index contributed by atoms with van der Waals surface area (Å²) in [5.74, 6) is 0. The third kappa shape index (κ3) is 4.37. The lowest BCUT2D eigenvalue weighted by molar-refractivity contribution is 1.45. The van der Waals surface area contributed by atoms with Gasteiger partial charge >= 0.3 is 0 Å². The molecule has 1 unspecified atom stereocenters. The van der Waals surface area contributed by atoms with Crippen LogP contribution < -0.4 is 36.3 Å². The second-order valence-electron chi connectivity index (χ2n) is 16.2. The first-order chi connectivity index (χ1) is 26.9. The van der Waals surface area contributed by atoms with Gasteiger partial charge in [-0.05, 0) is 110 Å². The van der Waals surface area contributed by atoms with Crippen LogP contribution in [0.4, 0.5) is 0 Å². The molecule has 0 N–H and O–H groups in total. The zero-order valence-corrected chi connectivity index (χ0v) is 35.3. The van der Waals surface area contributed by atoms with Crippen molar-refractivity contribution >= 4 is 62.0 Å². The molecule has 1 atom stereocenters. The van der Waals surface area contributed by atoms with Gasteiger partial charge in [0.05, 0.1) is 9.52 Å². The lowest BCUT2D eigenvalue weighted by atomic mass is 9.92. The summed E-state index contributed by atoms with van der Waals surface area (Å²) < 4.78 is 0. The van der Waals surface area contributed by atoms with Crippen LogP contribution in [0.15, 0.2) is 170 Å². The molecule has 8 aromatic rings. The van der Waals surface area contributed by atoms with E-state index >= 15 is 0 Å². The van der Waals surface area contributed by atoms with Crippen molar-refractivity contribution in [1.82, 2.24) is 0 Å². The highest BCUT2D eigenvalue weighted by Gasteiger charge is 2.54. The van der Waals surface area contributed by atoms with Gasteiger partial charge in [0.15, 0.2) is 8.07 Å². The van der Waals surface area contributed by atoms with Gasteiger partial charge in [0.2, 0.25) is 0 Å². The summed E-state index contributed by atoms with van der Waals surface area (Å²) in [5, 5.41) is 10.8. The number of fused-ring (bicyclic) bond motifs is 13. The normalized spacial score (nSPS) is 16.5. The standard InChI is InChI=1S/C52H42Si3/c1-33-36(19-13-20-37(33)39-15-5-9-23-46(39)53-2)34-27-29-43-40-16-7-11-25-48(40)55(50(43)31-34)49-26-12-8-17-41(49)44-30-28-35(32-51(44)55)38-21-14-22-45-42-18-6-10-24-47(42)54(3,4)52(38)45/h5-32H,53H2,1-4H3. The summed E-state index contributed by atoms with van der Waals surface area (Å²) in [6.45, 7) is 9.83. The van der Waals surface area contributed by atoms with Crippen molar-refractivity contribution in [3.63, 3.8) is 0 Å². The smallest absolute Gasteiger partial charge is 0.0708 e. The maximum Gasteiger partial charge on any atom is 0.182 e. The van der Waals surface area contributed by atoms with Gasteiger partial charge in [0.25, 0.3) is 0 Å². The SMILES string of the molecule is C[SiH2]c1ccccc1-c1cccc(-c2ccc3c(c2)[Si]2(c4ccccc4-3)c3ccccc3-c3ccc(-c4cccc5c4[Si](C)(C)c4ccccc4-5)cc32)c1C. The van der Waals surface area contributed by atoms with Gasteiger partial charge in [0.1, 0.15) is 8.07 Å². The summed E-state index contributed by atoms with van der Waals surface area (Å²) in [4.78, 5) is 0. The molecule has 262 valence electrons. The molecule has 8 aromatic carbocycles. The van der Waals surface area contributed by atoms with E-state index in [-0.39, 0.29) is 9.52 Å². The lowest BCUT2D eigenvalue weighted by Gasteiger charge is -2.29. The van der Waals surface area contributed by atoms with Crippen LogP contribution in [-0.2, 0) is 0 Å². The molecule has 0 nitrogen and oxygen atoms in total. The van der Waals surface area contributed by atoms with Crippen LogP contribution in [0, 0.1) is 6.92 Å². The van der Waals surface area contributed by atoms with Gasteiger partial charge in [-0.25, -0.2) is 0 Å². The predicted octanol–water partition coefficient (Wildman–Crippen LogP) is 7.98. The van der Waals surface area contributed by atoms with Crippen molar-refractivity contribution in [1.29, 1.82) is 0 Å². The van der Waals surface area contributed by atoms with Crippen LogP contribution in [0.25, 0.3) is 66.8 Å². The Morgan fingerprint density at radius 1 is 0.364 bits per heavy atom. The van der Waals surface area contributed by atoms with Gasteiger partial charge in [-0.2, -0.15) is 0 Å². The van der Waals surface area contributed by atoms with Gasteiger partial charge in [0, 0.05) is 0 Å². The van der Waals surface area contributed by atoms with E-state index in [2.05, 4.69) is 196 Å². The van der Waals surface area contributed by atoms with E-state index in [9.17, 15) is 0 Å². The minimum absolute atomic E-state index is 0.318. The molecule has 0 fully saturated rings. The maximum absolute atomic E-state index is 2.70. The highest BCUT2D eigenvalue weighted by molar-refractivity contribution is 7.24. The quantitative estimate of drug-likeness (QED) is 0.160. The zero-order valence-electron chi connectivity index (χ0n) is 31.9. The van der Waals surface area contributed by atoms with Gasteiger partial charge in [-0.1, -0.05) is 195 Å². The number of benzene rings is 8. The molecule has 0 saturated heterocycles. The minimum atomic E-state index is -2.70. The molecule has 3 heteroatoms. The first-order valence-electron chi connectivity index (χ1n) is 19.8. The maximum atomic E-state index is 2.64. The average Bonchev–Trinajstić information content (AvgIpc) is 3.79. The second-order valence-corrected chi connectivity index (χ2v) is 25.7. The first-order valence-corrected chi connectivity index (χ1v) is 27.0. The molecular formula is C52H42Si3. The first kappa shape index (κ1) is 32.8. The second kappa shape index (κ2) is 12.0. The van der Waals surface area contributed by atoms with Crippen molar-refractivity contribution in [3.05, 3.63) is 175 Å². The summed E-state index contributed by atoms with van der Waals surface area (Å²) >= 11 is 0. The summed E-state index contributed by atoms with van der Waals surface area (Å²) in [6.07, 6.45) is 0. The van der Waals surface area contributed by atoms with Crippen LogP contribution in [0.5, 0.6) is 0 Å². The van der Waals surface area contributed by atoms with Crippen molar-refractivity contribution in [2.45, 2.75) is 26.6 Å². The molecule has 3 aliphatic rings. The molecule has 55 heavy (non-hydrogen) atoms. The fourth-order valence-corrected chi connectivity index (χ4v) is 21.1. The summed E-state index contributed by atoms with van der Waals surface area (Å²) in [7, 11) is -4.94. The van der Waals surface area contributed by atoms with Gasteiger partial charge < -0.3 is 0 Å². The molecule has 0 aromatic heterocycles. The largest absolute Gasteiger partial charge is 0.182 e. The Hall–Kier alpha value is -5.59. The molecule has 0 amide bonds. The Morgan fingerprint density at radius 2 is 0.800 bits per heavy atom. The Morgan fingerprint density at radius 3 is 1.42 bits per heavy atom. The third-order valence-electron chi connectivity index (χ3n) is 13.3. The molecule has 0 saturated carbocycles. The molecule has 0 aliphatic carbocycles. The van der Waals surface area contributed by atoms with Crippen LogP contribution in [0.3, 0.4) is 0 Å². The van der Waals surface area contributed by atoms with E-state index in [0.717, 1.165) is 0 Å². The number of hydrogen-bond acceptors (Lipinski definition) is 0. The monoisotopic (exact) mass is 750 g/mol. The minimum Gasteiger partial charge on any atom is -0.0708 e. The van der Waals surface area contributed by atoms with Crippen LogP contribution >= 0.6 is 0 Å². The van der Waals surface area contributed by atoms with Crippen molar-refractivity contribution < 1.29 is 0 Å². The molecular weight excluding hydrogens is 709 g/mol. The number of rotatable bonds is 4. The zero-order chi connectivity index (χ0) is 37.1. The van der Waals surface area contributed by atoms with E-state index in [0.29, 0.717) is 0 Å². The van der Waals surface area contributed by atoms with E-state index in [1.165, 1.54) is 98.3 Å². The molecule has 11 rings (SSSR count). The summed E-state index contributed by atoms with van der Waals surface area (Å²) in [5.41, 5.74) is 18.0. The Kier molecular flexibility index (Phi) is 7.13. The molecule has 0 bridgehead atoms. The predicted molar refractivity (Wildman–Crippen MR) is 245 cm³/mol. The van der Waals surface area contributed by atoms with E-state index in [4.69, 9.17) is 0 Å². The van der Waals surface area contributed by atoms with Crippen molar-refractivity contribution in [3.8, 4) is 66.8 Å². The Labute approximate surface area is 329 Å². The molecule has 3 heterocycles. The van der Waals surface area contributed by atoms with E-state index in [1.807, 2.05) is 0 Å². The third-order valence-corrected chi connectivity index (χ3v) is 23.2. The van der Waals surface area contributed by atoms with Crippen LogP contribution in [-0.4, -0.2) is 25.7 Å². The fraction of sp³-hybridized carbons (Fsp3) is 0.0769. The van der Waals surface area contributed by atoms with Gasteiger partial charge in [-0.15, -0.1) is 0 Å². The number of hydrogen-bond donors (Lipinski definition) is 0. The average molecular weight is 751 g/mol. The molecule has 0 radical (unpaired) electrons. The molecule has 3 aliphatic heterocycles. The topological polar surface area (TPSA) is 0 Å². The lowest BCUT2D eigenvalue weighted by Crippen LogP contribution is -2.70. The highest BCUT2D eigenvalue weighted by Crippen LogP contribution is 2.40. The Balaban J connectivity index is 1.16. The van der Waals surface area contributed by atoms with Crippen LogP contribution in [0.2, 0.25) is 19.6 Å². The van der Waals surface area contributed by atoms with Gasteiger partial charge in [-0.3, -0.25) is 0 Å². The molecule has 1 spiro atoms. The van der Waals surface area contributed by atoms with E-state index in [1.54, 1.807) is 10.4 Å². The fourth-order valence-electron chi connectivity index (χ4n) is 10.9. The van der Waals surface area contributed by atoms with E-state index < -0.39 is 16.1 Å². The van der Waals surface area contributed by atoms with Crippen molar-refractivity contribution in [2.75, 3.05) is 0 Å². The van der Waals surface area contributed by atoms with Crippen LogP contribution in [0.1, 0.15) is 5.56 Å².